The summed E-state index contributed by atoms with van der Waals surface area (Å²) >= 11 is 0. The highest BCUT2D eigenvalue weighted by molar-refractivity contribution is 6.08. The fourth-order valence-corrected chi connectivity index (χ4v) is 2.25. The predicted octanol–water partition coefficient (Wildman–Crippen LogP) is 3.60. The monoisotopic (exact) mass is 315 g/mol. The van der Waals surface area contributed by atoms with Gasteiger partial charge in [-0.2, -0.15) is 0 Å². The number of urea groups is 1. The van der Waals surface area contributed by atoms with Crippen LogP contribution in [0.5, 0.6) is 0 Å². The molecule has 1 aliphatic rings. The fourth-order valence-electron chi connectivity index (χ4n) is 2.25. The van der Waals surface area contributed by atoms with Gasteiger partial charge in [-0.3, -0.25) is 4.98 Å². The molecule has 23 heavy (non-hydrogen) atoms. The quantitative estimate of drug-likeness (QED) is 0.814. The molecule has 0 atom stereocenters. The lowest BCUT2D eigenvalue weighted by Gasteiger charge is -2.07. The van der Waals surface area contributed by atoms with E-state index in [-0.39, 0.29) is 5.90 Å². The summed E-state index contributed by atoms with van der Waals surface area (Å²) in [5.74, 6) is 0.217. The van der Waals surface area contributed by atoms with Crippen molar-refractivity contribution >= 4 is 11.9 Å². The van der Waals surface area contributed by atoms with Crippen LogP contribution >= 0.6 is 0 Å². The van der Waals surface area contributed by atoms with Crippen LogP contribution in [0.15, 0.2) is 34.1 Å². The fraction of sp³-hybridized carbons (Fsp3) is 0.471. The summed E-state index contributed by atoms with van der Waals surface area (Å²) in [7, 11) is 0. The lowest BCUT2D eigenvalue weighted by Crippen LogP contribution is -2.23. The van der Waals surface area contributed by atoms with Gasteiger partial charge in [-0.25, -0.2) is 4.79 Å². The van der Waals surface area contributed by atoms with Crippen molar-refractivity contribution in [1.29, 1.82) is 0 Å². The predicted molar refractivity (Wildman–Crippen MR) is 91.7 cm³/mol. The van der Waals surface area contributed by atoms with Crippen LogP contribution in [0.4, 0.5) is 4.79 Å². The molecule has 1 aromatic rings. The number of aromatic nitrogens is 1. The van der Waals surface area contributed by atoms with E-state index >= 15 is 0 Å². The second-order valence-corrected chi connectivity index (χ2v) is 5.55. The topological polar surface area (TPSA) is 78.0 Å². The molecule has 0 aliphatic carbocycles. The van der Waals surface area contributed by atoms with Crippen LogP contribution in [-0.4, -0.2) is 23.5 Å². The number of aliphatic imine (C=N–C) groups is 1. The number of allylic oxidation sites excluding steroid dienone is 1. The Morgan fingerprint density at radius 2 is 2.13 bits per heavy atom. The van der Waals surface area contributed by atoms with E-state index in [4.69, 9.17) is 4.54 Å². The minimum atomic E-state index is -0.433. The minimum absolute atomic E-state index is 0.217. The molecule has 122 valence electrons. The molecule has 0 radical (unpaired) electrons. The van der Waals surface area contributed by atoms with E-state index in [0.29, 0.717) is 18.7 Å². The molecule has 0 aromatic carbocycles. The Morgan fingerprint density at radius 3 is 2.78 bits per heavy atom. The van der Waals surface area contributed by atoms with Gasteiger partial charge >= 0.3 is 11.9 Å². The van der Waals surface area contributed by atoms with Crippen LogP contribution in [0.2, 0.25) is 0 Å². The number of hydrogen-bond acceptors (Lipinski definition) is 3. The van der Waals surface area contributed by atoms with E-state index in [2.05, 4.69) is 33.5 Å². The summed E-state index contributed by atoms with van der Waals surface area (Å²) < 4.78 is 4.87. The summed E-state index contributed by atoms with van der Waals surface area (Å²) in [5, 5.41) is 6.40. The molecular weight excluding hydrogens is 292 g/mol. The summed E-state index contributed by atoms with van der Waals surface area (Å²) in [6, 6.07) is 3.73. The van der Waals surface area contributed by atoms with Gasteiger partial charge in [0.1, 0.15) is 11.8 Å². The van der Waals surface area contributed by atoms with Crippen LogP contribution in [0.25, 0.3) is 0 Å². The minimum Gasteiger partial charge on any atom is -0.336 e. The van der Waals surface area contributed by atoms with Crippen molar-refractivity contribution < 1.29 is 4.79 Å². The Kier molecular flexibility index (Phi) is 6.14. The number of hydrogen-bond donors (Lipinski definition) is 1. The maximum atomic E-state index is 11.7. The van der Waals surface area contributed by atoms with Crippen LogP contribution < -0.4 is 5.32 Å². The maximum Gasteiger partial charge on any atom is 0.504 e. The second-order valence-electron chi connectivity index (χ2n) is 5.55. The Labute approximate surface area is 136 Å². The number of pyridine rings is 1. The number of unbranched alkanes of at least 4 members (excludes halogenated alkanes) is 1. The molecule has 1 N–H and O–H groups in total. The number of nitrogens with one attached hydrogen (secondary N) is 1. The summed E-state index contributed by atoms with van der Waals surface area (Å²) in [6.07, 6.45) is 5.72. The van der Waals surface area contributed by atoms with Gasteiger partial charge in [0.05, 0.1) is 0 Å². The first-order valence-corrected chi connectivity index (χ1v) is 7.96. The Bertz CT molecular complexity index is 663. The van der Waals surface area contributed by atoms with Crippen molar-refractivity contribution in [2.24, 2.45) is 10.2 Å². The van der Waals surface area contributed by atoms with E-state index in [1.54, 1.807) is 13.0 Å². The molecule has 0 saturated heterocycles. The normalized spacial score (nSPS) is 15.1. The van der Waals surface area contributed by atoms with Gasteiger partial charge in [0, 0.05) is 24.4 Å². The highest BCUT2D eigenvalue weighted by atomic mass is 16.5. The second kappa shape index (κ2) is 8.31. The third-order valence-corrected chi connectivity index (χ3v) is 3.54. The third-order valence-electron chi connectivity index (χ3n) is 3.54. The van der Waals surface area contributed by atoms with Gasteiger partial charge in [0.2, 0.25) is 0 Å². The summed E-state index contributed by atoms with van der Waals surface area (Å²) in [6.45, 7) is 6.48. The molecule has 1 aliphatic heterocycles. The average Bonchev–Trinajstić information content (AvgIpc) is 2.91. The van der Waals surface area contributed by atoms with E-state index in [0.717, 1.165) is 17.8 Å². The maximum absolute atomic E-state index is 11.7. The van der Waals surface area contributed by atoms with Crippen LogP contribution in [-0.2, 0) is 12.8 Å². The van der Waals surface area contributed by atoms with E-state index in [1.807, 2.05) is 13.0 Å². The lowest BCUT2D eigenvalue weighted by atomic mass is 10.1. The number of aryl methyl sites for hydroxylation is 2. The lowest BCUT2D eigenvalue weighted by molar-refractivity contribution is 0.249. The van der Waals surface area contributed by atoms with Gasteiger partial charge in [-0.05, 0) is 42.9 Å². The zero-order chi connectivity index (χ0) is 16.7. The van der Waals surface area contributed by atoms with Crippen molar-refractivity contribution in [2.45, 2.75) is 46.5 Å². The van der Waals surface area contributed by atoms with Crippen LogP contribution in [0.3, 0.4) is 0 Å². The van der Waals surface area contributed by atoms with Crippen molar-refractivity contribution in [1.82, 2.24) is 10.3 Å². The van der Waals surface area contributed by atoms with Crippen molar-refractivity contribution in [3.05, 3.63) is 45.4 Å². The first-order valence-electron chi connectivity index (χ1n) is 7.96. The smallest absolute Gasteiger partial charge is 0.336 e. The highest BCUT2D eigenvalue weighted by Crippen LogP contribution is 2.11. The Balaban J connectivity index is 1.81. The molecule has 0 fully saturated rings. The first-order chi connectivity index (χ1) is 11.1. The van der Waals surface area contributed by atoms with Crippen molar-refractivity contribution in [3.8, 4) is 0 Å². The number of rotatable bonds is 6. The Morgan fingerprint density at radius 1 is 1.30 bits per heavy atom. The molecule has 2 rings (SSSR count). The Hall–Kier alpha value is -2.37. The molecule has 0 bridgehead atoms. The summed E-state index contributed by atoms with van der Waals surface area (Å²) in [4.78, 5) is 20.0. The molecule has 2 heterocycles. The number of nitroso groups, excluding NO2 is 1. The first kappa shape index (κ1) is 17.0. The average molecular weight is 315 g/mol. The number of carbonyl (C=O) groups is 1. The van der Waals surface area contributed by atoms with Crippen molar-refractivity contribution in [2.75, 3.05) is 6.54 Å². The number of nitrogens with zero attached hydrogens (tertiary/aromatic N) is 3. The standard InChI is InChI=1S/C17H22N4O2/c1-4-5-6-14-7-8-15(19-13(14)3)9-10-18-17(22)20-16-11-12(2)21-23-16/h7-8,11H,4-6,9-10H2,1-3H3/p+1. The molecule has 0 unspecified atom stereocenters. The van der Waals surface area contributed by atoms with Crippen molar-refractivity contribution in [3.63, 3.8) is 0 Å². The van der Waals surface area contributed by atoms with E-state index in [1.165, 1.54) is 18.4 Å². The van der Waals surface area contributed by atoms with E-state index in [9.17, 15) is 4.79 Å². The SMILES string of the molecule is CCCCc1ccc(CCNC(=O)N=C2C=C(C)N=[O+]2)nc1C. The third kappa shape index (κ3) is 5.39. The van der Waals surface area contributed by atoms with Gasteiger partial charge in [-0.1, -0.05) is 24.4 Å². The molecule has 6 heteroatoms. The molecule has 6 nitrogen and oxygen atoms in total. The number of amides is 2. The summed E-state index contributed by atoms with van der Waals surface area (Å²) in [5.41, 5.74) is 4.04. The van der Waals surface area contributed by atoms with Crippen LogP contribution in [0.1, 0.15) is 43.6 Å². The zero-order valence-electron chi connectivity index (χ0n) is 13.9. The van der Waals surface area contributed by atoms with Gasteiger partial charge in [-0.15, -0.1) is 0 Å². The van der Waals surface area contributed by atoms with Gasteiger partial charge < -0.3 is 5.32 Å². The van der Waals surface area contributed by atoms with Gasteiger partial charge in [0.25, 0.3) is 0 Å². The molecule has 1 aromatic heterocycles. The highest BCUT2D eigenvalue weighted by Gasteiger charge is 2.20. The number of carbonyl (C=O) groups excluding carboxylic acids is 1. The zero-order valence-corrected chi connectivity index (χ0v) is 13.9. The van der Waals surface area contributed by atoms with E-state index < -0.39 is 6.03 Å². The largest absolute Gasteiger partial charge is 0.504 e. The van der Waals surface area contributed by atoms with Crippen LogP contribution in [0, 0.1) is 11.5 Å². The molecule has 2 amide bonds. The molecule has 0 saturated carbocycles. The molecular formula is C17H23N4O2+. The molecule has 0 spiro atoms. The van der Waals surface area contributed by atoms with Gasteiger partial charge in [0.15, 0.2) is 5.18 Å².